The van der Waals surface area contributed by atoms with E-state index in [1.807, 2.05) is 77.6 Å². The van der Waals surface area contributed by atoms with E-state index in [4.69, 9.17) is 16.7 Å². The van der Waals surface area contributed by atoms with Crippen molar-refractivity contribution in [2.75, 3.05) is 43.4 Å². The SMILES string of the molecule is CN1CCN(c2ccc(NC(=O)c3cn(Cc4ccccc4)nc3-c3ccc(Cl)cc3)cc2)CC1. The molecular weight excluding hydrogens is 458 g/mol. The average molecular weight is 486 g/mol. The topological polar surface area (TPSA) is 53.4 Å². The largest absolute Gasteiger partial charge is 0.369 e. The fourth-order valence-corrected chi connectivity index (χ4v) is 4.40. The van der Waals surface area contributed by atoms with Gasteiger partial charge < -0.3 is 15.1 Å². The molecule has 0 unspecified atom stereocenters. The number of nitrogens with one attached hydrogen (secondary N) is 1. The Morgan fingerprint density at radius 1 is 0.914 bits per heavy atom. The number of nitrogens with zero attached hydrogens (tertiary/aromatic N) is 4. The van der Waals surface area contributed by atoms with Crippen LogP contribution in [0.2, 0.25) is 5.02 Å². The summed E-state index contributed by atoms with van der Waals surface area (Å²) < 4.78 is 1.81. The molecule has 5 rings (SSSR count). The lowest BCUT2D eigenvalue weighted by Gasteiger charge is -2.34. The zero-order valence-electron chi connectivity index (χ0n) is 19.7. The third kappa shape index (κ3) is 5.56. The summed E-state index contributed by atoms with van der Waals surface area (Å²) in [6, 6.07) is 25.5. The van der Waals surface area contributed by atoms with Crippen molar-refractivity contribution in [1.29, 1.82) is 0 Å². The number of likely N-dealkylation sites (N-methyl/N-ethyl adjacent to an activating group) is 1. The summed E-state index contributed by atoms with van der Waals surface area (Å²) in [4.78, 5) is 18.1. The molecule has 2 heterocycles. The zero-order valence-corrected chi connectivity index (χ0v) is 20.4. The van der Waals surface area contributed by atoms with Crippen LogP contribution in [0.4, 0.5) is 11.4 Å². The molecule has 0 aliphatic carbocycles. The van der Waals surface area contributed by atoms with Gasteiger partial charge in [-0.05, 0) is 49.0 Å². The van der Waals surface area contributed by atoms with Crippen molar-refractivity contribution in [2.45, 2.75) is 6.54 Å². The monoisotopic (exact) mass is 485 g/mol. The maximum atomic E-state index is 13.4. The van der Waals surface area contributed by atoms with E-state index < -0.39 is 0 Å². The number of hydrogen-bond acceptors (Lipinski definition) is 4. The number of hydrogen-bond donors (Lipinski definition) is 1. The van der Waals surface area contributed by atoms with E-state index in [0.29, 0.717) is 22.8 Å². The van der Waals surface area contributed by atoms with E-state index in [-0.39, 0.29) is 5.91 Å². The first-order valence-electron chi connectivity index (χ1n) is 11.8. The highest BCUT2D eigenvalue weighted by Crippen LogP contribution is 2.26. The maximum Gasteiger partial charge on any atom is 0.259 e. The number of carbonyl (C=O) groups is 1. The van der Waals surface area contributed by atoms with Crippen LogP contribution in [0, 0.1) is 0 Å². The Morgan fingerprint density at radius 3 is 2.29 bits per heavy atom. The van der Waals surface area contributed by atoms with Crippen molar-refractivity contribution in [2.24, 2.45) is 0 Å². The van der Waals surface area contributed by atoms with E-state index in [1.165, 1.54) is 5.69 Å². The molecule has 1 saturated heterocycles. The lowest BCUT2D eigenvalue weighted by atomic mass is 10.1. The fourth-order valence-electron chi connectivity index (χ4n) is 4.28. The van der Waals surface area contributed by atoms with Gasteiger partial charge in [0.25, 0.3) is 5.91 Å². The highest BCUT2D eigenvalue weighted by Gasteiger charge is 2.19. The molecule has 0 bridgehead atoms. The molecule has 178 valence electrons. The molecular formula is C28H28ClN5O. The van der Waals surface area contributed by atoms with Crippen molar-refractivity contribution < 1.29 is 4.79 Å². The lowest BCUT2D eigenvalue weighted by Crippen LogP contribution is -2.44. The summed E-state index contributed by atoms with van der Waals surface area (Å²) >= 11 is 6.09. The van der Waals surface area contributed by atoms with E-state index in [2.05, 4.69) is 34.3 Å². The van der Waals surface area contributed by atoms with Crippen LogP contribution in [0.1, 0.15) is 15.9 Å². The van der Waals surface area contributed by atoms with E-state index in [9.17, 15) is 4.79 Å². The molecule has 1 aromatic heterocycles. The molecule has 6 nitrogen and oxygen atoms in total. The van der Waals surface area contributed by atoms with Gasteiger partial charge in [0.2, 0.25) is 0 Å². The molecule has 1 fully saturated rings. The molecule has 1 aliphatic heterocycles. The molecule has 1 amide bonds. The number of halogens is 1. The van der Waals surface area contributed by atoms with E-state index >= 15 is 0 Å². The standard InChI is InChI=1S/C28H28ClN5O/c1-32-15-17-33(18-16-32)25-13-11-24(12-14-25)30-28(35)26-20-34(19-21-5-3-2-4-6-21)31-27(26)22-7-9-23(29)10-8-22/h2-14,20H,15-19H2,1H3,(H,30,35). The number of aromatic nitrogens is 2. The highest BCUT2D eigenvalue weighted by molar-refractivity contribution is 6.30. The first-order chi connectivity index (χ1) is 17.0. The highest BCUT2D eigenvalue weighted by atomic mass is 35.5. The number of carbonyl (C=O) groups excluding carboxylic acids is 1. The molecule has 3 aromatic carbocycles. The Kier molecular flexibility index (Phi) is 6.84. The van der Waals surface area contributed by atoms with Gasteiger partial charge in [-0.3, -0.25) is 9.48 Å². The molecule has 0 atom stereocenters. The molecule has 1 aliphatic rings. The van der Waals surface area contributed by atoms with Crippen LogP contribution in [0.5, 0.6) is 0 Å². The number of anilines is 2. The van der Waals surface area contributed by atoms with Crippen LogP contribution in [0.3, 0.4) is 0 Å². The van der Waals surface area contributed by atoms with Gasteiger partial charge in [-0.1, -0.05) is 54.1 Å². The van der Waals surface area contributed by atoms with Crippen LogP contribution >= 0.6 is 11.6 Å². The number of benzene rings is 3. The predicted molar refractivity (Wildman–Crippen MR) is 142 cm³/mol. The summed E-state index contributed by atoms with van der Waals surface area (Å²) in [5, 5.41) is 8.44. The Labute approximate surface area is 210 Å². The van der Waals surface area contributed by atoms with Crippen molar-refractivity contribution in [3.63, 3.8) is 0 Å². The number of rotatable bonds is 6. The Bertz CT molecular complexity index is 1280. The molecule has 0 spiro atoms. The van der Waals surface area contributed by atoms with Gasteiger partial charge in [0.1, 0.15) is 5.69 Å². The second-order valence-electron chi connectivity index (χ2n) is 8.87. The van der Waals surface area contributed by atoms with Gasteiger partial charge in [0, 0.05) is 54.3 Å². The third-order valence-corrected chi connectivity index (χ3v) is 6.56. The van der Waals surface area contributed by atoms with Crippen LogP contribution in [0.15, 0.2) is 85.1 Å². The van der Waals surface area contributed by atoms with Gasteiger partial charge in [0.15, 0.2) is 0 Å². The third-order valence-electron chi connectivity index (χ3n) is 6.30. The smallest absolute Gasteiger partial charge is 0.259 e. The minimum absolute atomic E-state index is 0.193. The van der Waals surface area contributed by atoms with E-state index in [1.54, 1.807) is 0 Å². The average Bonchev–Trinajstić information content (AvgIpc) is 3.30. The predicted octanol–water partition coefficient (Wildman–Crippen LogP) is 5.26. The van der Waals surface area contributed by atoms with Crippen molar-refractivity contribution in [3.8, 4) is 11.3 Å². The molecule has 7 heteroatoms. The van der Waals surface area contributed by atoms with E-state index in [0.717, 1.165) is 43.0 Å². The minimum Gasteiger partial charge on any atom is -0.369 e. The first-order valence-corrected chi connectivity index (χ1v) is 12.2. The zero-order chi connectivity index (χ0) is 24.2. The van der Waals surface area contributed by atoms with Crippen LogP contribution in [-0.4, -0.2) is 53.8 Å². The summed E-state index contributed by atoms with van der Waals surface area (Å²) in [6.07, 6.45) is 1.81. The fraction of sp³-hybridized carbons (Fsp3) is 0.214. The Hall–Kier alpha value is -3.61. The number of piperazine rings is 1. The second kappa shape index (κ2) is 10.3. The quantitative estimate of drug-likeness (QED) is 0.405. The van der Waals surface area contributed by atoms with Gasteiger partial charge in [-0.15, -0.1) is 0 Å². The summed E-state index contributed by atoms with van der Waals surface area (Å²) in [5.74, 6) is -0.193. The molecule has 1 N–H and O–H groups in total. The van der Waals surface area contributed by atoms with Crippen LogP contribution in [0.25, 0.3) is 11.3 Å². The summed E-state index contributed by atoms with van der Waals surface area (Å²) in [5.41, 5.74) is 5.04. The second-order valence-corrected chi connectivity index (χ2v) is 9.31. The Balaban J connectivity index is 1.37. The van der Waals surface area contributed by atoms with Crippen LogP contribution < -0.4 is 10.2 Å². The number of amides is 1. The van der Waals surface area contributed by atoms with Gasteiger partial charge in [-0.2, -0.15) is 5.10 Å². The van der Waals surface area contributed by atoms with Crippen molar-refractivity contribution in [1.82, 2.24) is 14.7 Å². The first kappa shape index (κ1) is 23.1. The Morgan fingerprint density at radius 2 is 1.60 bits per heavy atom. The van der Waals surface area contributed by atoms with Crippen molar-refractivity contribution in [3.05, 3.63) is 101 Å². The molecule has 35 heavy (non-hydrogen) atoms. The summed E-state index contributed by atoms with van der Waals surface area (Å²) in [6.45, 7) is 4.70. The normalized spacial score (nSPS) is 14.2. The van der Waals surface area contributed by atoms with Crippen molar-refractivity contribution >= 4 is 28.9 Å². The van der Waals surface area contributed by atoms with Gasteiger partial charge in [0.05, 0.1) is 12.1 Å². The minimum atomic E-state index is -0.193. The molecule has 0 radical (unpaired) electrons. The van der Waals surface area contributed by atoms with Crippen LogP contribution in [-0.2, 0) is 6.54 Å². The maximum absolute atomic E-state index is 13.4. The van der Waals surface area contributed by atoms with Gasteiger partial charge >= 0.3 is 0 Å². The molecule has 4 aromatic rings. The molecule has 0 saturated carbocycles. The summed E-state index contributed by atoms with van der Waals surface area (Å²) in [7, 11) is 2.15. The van der Waals surface area contributed by atoms with Gasteiger partial charge in [-0.25, -0.2) is 0 Å². The lowest BCUT2D eigenvalue weighted by molar-refractivity contribution is 0.102.